The van der Waals surface area contributed by atoms with Crippen molar-refractivity contribution in [3.05, 3.63) is 71.4 Å². The molecule has 45 heavy (non-hydrogen) atoms. The number of nitrogens with one attached hydrogen (secondary N) is 3. The Bertz CT molecular complexity index is 1800. The summed E-state index contributed by atoms with van der Waals surface area (Å²) in [6, 6.07) is 13.9. The molecule has 0 spiro atoms. The van der Waals surface area contributed by atoms with E-state index in [-0.39, 0.29) is 22.8 Å². The average molecular weight is 627 g/mol. The van der Waals surface area contributed by atoms with Crippen molar-refractivity contribution in [1.29, 1.82) is 0 Å². The number of carbonyl (C=O) groups excluding carboxylic acids is 2. The van der Waals surface area contributed by atoms with Crippen LogP contribution in [0.4, 0.5) is 9.59 Å². The van der Waals surface area contributed by atoms with Crippen molar-refractivity contribution < 1.29 is 19.1 Å². The first-order valence-corrected chi connectivity index (χ1v) is 16.0. The fraction of sp³-hybridized carbons (Fsp3) is 0.412. The Morgan fingerprint density at radius 3 is 2.47 bits per heavy atom. The minimum absolute atomic E-state index is 0.0335. The first-order chi connectivity index (χ1) is 21.3. The van der Waals surface area contributed by atoms with Gasteiger partial charge in [-0.1, -0.05) is 24.0 Å². The molecule has 0 radical (unpaired) electrons. The van der Waals surface area contributed by atoms with Crippen LogP contribution >= 0.6 is 11.8 Å². The zero-order valence-electron chi connectivity index (χ0n) is 26.4. The fourth-order valence-electron chi connectivity index (χ4n) is 5.33. The second-order valence-corrected chi connectivity index (χ2v) is 14.8. The van der Waals surface area contributed by atoms with Gasteiger partial charge in [0, 0.05) is 17.7 Å². The summed E-state index contributed by atoms with van der Waals surface area (Å²) in [5, 5.41) is 2.74. The standard InChI is InChI=1S/C34H38N6O4S/c1-32(2,3)43-30(41)36-20-27-35-19-26(37-27)23-13-10-21(11-14-23)8-9-22-12-15-24-25(18-22)39-28(38-24)34-16-7-17-40(29(34)45-34)31(42)44-33(4,5)6/h10-15,18-19,29H,7,16-17,20H2,1-6H3,(H,35,37)(H,36,41)(H,38,39)/t29?,34-/m0/s1. The minimum Gasteiger partial charge on any atom is -0.444 e. The normalized spacial score (nSPS) is 19.3. The van der Waals surface area contributed by atoms with Crippen LogP contribution in [0.15, 0.2) is 48.7 Å². The summed E-state index contributed by atoms with van der Waals surface area (Å²) in [6.07, 6.45) is 2.87. The fourth-order valence-corrected chi connectivity index (χ4v) is 6.80. The van der Waals surface area contributed by atoms with E-state index in [9.17, 15) is 9.59 Å². The lowest BCUT2D eigenvalue weighted by Crippen LogP contribution is -2.44. The van der Waals surface area contributed by atoms with Gasteiger partial charge in [0.25, 0.3) is 0 Å². The molecular weight excluding hydrogens is 588 g/mol. The van der Waals surface area contributed by atoms with Crippen molar-refractivity contribution in [2.45, 2.75) is 82.3 Å². The summed E-state index contributed by atoms with van der Waals surface area (Å²) in [5.41, 5.74) is 4.31. The lowest BCUT2D eigenvalue weighted by atomic mass is 9.97. The van der Waals surface area contributed by atoms with Gasteiger partial charge in [0.1, 0.15) is 33.0 Å². The van der Waals surface area contributed by atoms with Gasteiger partial charge >= 0.3 is 12.2 Å². The maximum atomic E-state index is 12.8. The van der Waals surface area contributed by atoms with Gasteiger partial charge in [-0.15, -0.1) is 11.8 Å². The highest BCUT2D eigenvalue weighted by Crippen LogP contribution is 2.66. The zero-order chi connectivity index (χ0) is 32.0. The average Bonchev–Trinajstić information content (AvgIpc) is 3.29. The van der Waals surface area contributed by atoms with Crippen LogP contribution in [0.5, 0.6) is 0 Å². The highest BCUT2D eigenvalue weighted by molar-refractivity contribution is 8.08. The second kappa shape index (κ2) is 11.5. The van der Waals surface area contributed by atoms with Crippen molar-refractivity contribution in [1.82, 2.24) is 30.2 Å². The third-order valence-electron chi connectivity index (χ3n) is 7.38. The zero-order valence-corrected chi connectivity index (χ0v) is 27.2. The molecule has 0 bridgehead atoms. The summed E-state index contributed by atoms with van der Waals surface area (Å²) in [5.74, 6) is 8.06. The number of hydrogen-bond donors (Lipinski definition) is 3. The number of hydrogen-bond acceptors (Lipinski definition) is 7. The molecule has 1 unspecified atom stereocenters. The number of aromatic nitrogens is 4. The molecule has 3 N–H and O–H groups in total. The van der Waals surface area contributed by atoms with Crippen LogP contribution in [-0.2, 0) is 20.8 Å². The van der Waals surface area contributed by atoms with Gasteiger partial charge in [-0.25, -0.2) is 19.6 Å². The first-order valence-electron chi connectivity index (χ1n) is 15.1. The van der Waals surface area contributed by atoms with Crippen molar-refractivity contribution >= 4 is 35.0 Å². The van der Waals surface area contributed by atoms with Crippen molar-refractivity contribution in [2.75, 3.05) is 6.54 Å². The van der Waals surface area contributed by atoms with Gasteiger partial charge in [0.05, 0.1) is 29.5 Å². The molecule has 4 heterocycles. The Hall–Kier alpha value is -4.43. The number of likely N-dealkylation sites (tertiary alicyclic amines) is 1. The third-order valence-corrected chi connectivity index (χ3v) is 9.05. The summed E-state index contributed by atoms with van der Waals surface area (Å²) in [4.78, 5) is 42.6. The van der Waals surface area contributed by atoms with E-state index in [0.29, 0.717) is 12.4 Å². The van der Waals surface area contributed by atoms with E-state index < -0.39 is 17.3 Å². The Morgan fingerprint density at radius 1 is 1.02 bits per heavy atom. The minimum atomic E-state index is -0.555. The molecule has 2 aromatic heterocycles. The van der Waals surface area contributed by atoms with E-state index in [2.05, 4.69) is 32.1 Å². The first kappa shape index (κ1) is 30.6. The number of imidazole rings is 2. The quantitative estimate of drug-likeness (QED) is 0.171. The Labute approximate surface area is 267 Å². The van der Waals surface area contributed by atoms with E-state index in [1.807, 2.05) is 88.9 Å². The number of fused-ring (bicyclic) bond motifs is 2. The highest BCUT2D eigenvalue weighted by Gasteiger charge is 2.64. The number of thioether (sulfide) groups is 1. The van der Waals surface area contributed by atoms with Crippen molar-refractivity contribution in [2.24, 2.45) is 0 Å². The van der Waals surface area contributed by atoms with Gasteiger partial charge in [-0.05, 0) is 90.3 Å². The van der Waals surface area contributed by atoms with E-state index in [1.165, 1.54) is 0 Å². The van der Waals surface area contributed by atoms with E-state index >= 15 is 0 Å². The van der Waals surface area contributed by atoms with Crippen molar-refractivity contribution in [3.8, 4) is 23.1 Å². The van der Waals surface area contributed by atoms with Crippen LogP contribution in [0.1, 0.15) is 77.2 Å². The van der Waals surface area contributed by atoms with Gasteiger partial charge in [0.2, 0.25) is 0 Å². The maximum Gasteiger partial charge on any atom is 0.411 e. The molecule has 2 aromatic carbocycles. The number of nitrogens with zero attached hydrogens (tertiary/aromatic N) is 3. The van der Waals surface area contributed by atoms with E-state index in [4.69, 9.17) is 14.5 Å². The molecule has 2 aliphatic heterocycles. The van der Waals surface area contributed by atoms with Crippen LogP contribution in [0.2, 0.25) is 0 Å². The maximum absolute atomic E-state index is 12.8. The number of ether oxygens (including phenoxy) is 2. The van der Waals surface area contributed by atoms with Crippen LogP contribution in [0.25, 0.3) is 22.3 Å². The second-order valence-electron chi connectivity index (χ2n) is 13.4. The lowest BCUT2D eigenvalue weighted by molar-refractivity contribution is 0.0188. The number of piperidine rings is 1. The van der Waals surface area contributed by atoms with E-state index in [0.717, 1.165) is 52.1 Å². The molecule has 10 nitrogen and oxygen atoms in total. The largest absolute Gasteiger partial charge is 0.444 e. The summed E-state index contributed by atoms with van der Waals surface area (Å²) >= 11 is 1.77. The highest BCUT2D eigenvalue weighted by atomic mass is 32.2. The van der Waals surface area contributed by atoms with Crippen LogP contribution in [0.3, 0.4) is 0 Å². The summed E-state index contributed by atoms with van der Waals surface area (Å²) in [6.45, 7) is 12.1. The van der Waals surface area contributed by atoms with Crippen LogP contribution in [-0.4, -0.2) is 60.1 Å². The number of aromatic amines is 2. The molecule has 2 fully saturated rings. The van der Waals surface area contributed by atoms with Gasteiger partial charge in [-0.2, -0.15) is 0 Å². The van der Waals surface area contributed by atoms with Gasteiger partial charge in [0.15, 0.2) is 0 Å². The monoisotopic (exact) mass is 626 g/mol. The number of H-pyrrole nitrogens is 2. The molecule has 4 aromatic rings. The lowest BCUT2D eigenvalue weighted by Gasteiger charge is -2.31. The topological polar surface area (TPSA) is 125 Å². The smallest absolute Gasteiger partial charge is 0.411 e. The molecule has 6 rings (SSSR count). The predicted octanol–water partition coefficient (Wildman–Crippen LogP) is 6.68. The molecule has 0 saturated carbocycles. The molecular formula is C34H38N6O4S. The third kappa shape index (κ3) is 6.96. The Balaban J connectivity index is 1.10. The number of alkyl carbamates (subject to hydrolysis) is 1. The van der Waals surface area contributed by atoms with Gasteiger partial charge < -0.3 is 24.8 Å². The predicted molar refractivity (Wildman–Crippen MR) is 174 cm³/mol. The summed E-state index contributed by atoms with van der Waals surface area (Å²) < 4.78 is 10.7. The Kier molecular flexibility index (Phi) is 7.81. The number of benzene rings is 2. The molecule has 2 saturated heterocycles. The SMILES string of the molecule is CC(C)(C)OC(=O)NCc1ncc(-c2ccc(C#Cc3ccc4nc([C@@]56CCCN(C(=O)OC(C)(C)C)C5S6)[nH]c4c3)cc2)[nH]1. The van der Waals surface area contributed by atoms with Crippen LogP contribution < -0.4 is 5.32 Å². The van der Waals surface area contributed by atoms with Crippen molar-refractivity contribution in [3.63, 3.8) is 0 Å². The van der Waals surface area contributed by atoms with Gasteiger partial charge in [-0.3, -0.25) is 4.90 Å². The molecule has 2 atom stereocenters. The molecule has 234 valence electrons. The Morgan fingerprint density at radius 2 is 1.73 bits per heavy atom. The van der Waals surface area contributed by atoms with E-state index in [1.54, 1.807) is 18.0 Å². The molecule has 2 aliphatic rings. The van der Waals surface area contributed by atoms with Crippen LogP contribution in [0, 0.1) is 11.8 Å². The number of amides is 2. The summed E-state index contributed by atoms with van der Waals surface area (Å²) in [7, 11) is 0. The molecule has 11 heteroatoms. The number of rotatable bonds is 4. The number of carbonyl (C=O) groups is 2. The molecule has 2 amide bonds. The molecule has 0 aliphatic carbocycles.